The third-order valence-electron chi connectivity index (χ3n) is 5.81. The van der Waals surface area contributed by atoms with E-state index in [1.807, 2.05) is 23.9 Å². The zero-order valence-electron chi connectivity index (χ0n) is 15.5. The summed E-state index contributed by atoms with van der Waals surface area (Å²) in [7, 11) is 0. The average molecular weight is 388 g/mol. The molecule has 0 unspecified atom stereocenters. The number of hydrogen-bond acceptors (Lipinski definition) is 2. The molecular weight excluding hydrogens is 365 g/mol. The molecule has 0 bridgehead atoms. The summed E-state index contributed by atoms with van der Waals surface area (Å²) in [6.45, 7) is 0. The minimum atomic E-state index is -0.179. The first-order valence-electron chi connectivity index (χ1n) is 9.77. The fraction of sp³-hybridized carbons (Fsp3) is 0.200. The van der Waals surface area contributed by atoms with E-state index < -0.39 is 0 Å². The van der Waals surface area contributed by atoms with E-state index in [0.717, 1.165) is 17.7 Å². The number of hydrogen-bond donors (Lipinski definition) is 1. The molecule has 0 spiro atoms. The van der Waals surface area contributed by atoms with E-state index in [2.05, 4.69) is 66.0 Å². The van der Waals surface area contributed by atoms with Crippen LogP contribution in [0.25, 0.3) is 0 Å². The number of anilines is 1. The minimum Gasteiger partial charge on any atom is -0.378 e. The second kappa shape index (κ2) is 7.48. The standard InChI is InChI=1S/C25H22FNS/c26-19-12-10-18(11-13-19)25-22-8-4-7-21(22)23-15-17(9-14-24(23)27-25)16-28-20-5-2-1-3-6-20/h1-7,9-15,21-22,25,27H,8,16H2/t21-,22+,25+/m1/s1. The van der Waals surface area contributed by atoms with Crippen molar-refractivity contribution in [3.05, 3.63) is 107 Å². The summed E-state index contributed by atoms with van der Waals surface area (Å²) in [5.41, 5.74) is 5.11. The number of nitrogens with one attached hydrogen (secondary N) is 1. The number of benzene rings is 3. The van der Waals surface area contributed by atoms with Gasteiger partial charge in [0, 0.05) is 22.3 Å². The van der Waals surface area contributed by atoms with Gasteiger partial charge in [0.2, 0.25) is 0 Å². The van der Waals surface area contributed by atoms with Crippen molar-refractivity contribution in [2.45, 2.75) is 29.0 Å². The summed E-state index contributed by atoms with van der Waals surface area (Å²) in [4.78, 5) is 1.30. The summed E-state index contributed by atoms with van der Waals surface area (Å²) < 4.78 is 13.4. The molecule has 3 heteroatoms. The van der Waals surface area contributed by atoms with Crippen LogP contribution in [0.15, 0.2) is 89.8 Å². The van der Waals surface area contributed by atoms with Crippen LogP contribution in [0.5, 0.6) is 0 Å². The van der Waals surface area contributed by atoms with Crippen molar-refractivity contribution in [2.24, 2.45) is 5.92 Å². The Morgan fingerprint density at radius 2 is 1.79 bits per heavy atom. The predicted octanol–water partition coefficient (Wildman–Crippen LogP) is 6.94. The molecule has 0 amide bonds. The van der Waals surface area contributed by atoms with Crippen LogP contribution in [-0.2, 0) is 5.75 Å². The summed E-state index contributed by atoms with van der Waals surface area (Å²) in [5, 5.41) is 3.74. The van der Waals surface area contributed by atoms with Crippen LogP contribution in [0.2, 0.25) is 0 Å². The summed E-state index contributed by atoms with van der Waals surface area (Å²) in [5.74, 6) is 1.70. The first-order chi connectivity index (χ1) is 13.8. The molecule has 140 valence electrons. The van der Waals surface area contributed by atoms with Crippen molar-refractivity contribution in [3.63, 3.8) is 0 Å². The molecule has 0 radical (unpaired) electrons. The van der Waals surface area contributed by atoms with Crippen LogP contribution in [0, 0.1) is 11.7 Å². The average Bonchev–Trinajstić information content (AvgIpc) is 3.23. The molecule has 0 saturated carbocycles. The maximum Gasteiger partial charge on any atom is 0.123 e. The van der Waals surface area contributed by atoms with E-state index in [1.54, 1.807) is 12.1 Å². The quantitative estimate of drug-likeness (QED) is 0.384. The number of thioether (sulfide) groups is 1. The van der Waals surface area contributed by atoms with Gasteiger partial charge in [0.05, 0.1) is 6.04 Å². The number of halogens is 1. The molecule has 3 atom stereocenters. The molecule has 1 aliphatic heterocycles. The highest BCUT2D eigenvalue weighted by Crippen LogP contribution is 2.50. The lowest BCUT2D eigenvalue weighted by atomic mass is 9.76. The van der Waals surface area contributed by atoms with Crippen LogP contribution in [0.3, 0.4) is 0 Å². The van der Waals surface area contributed by atoms with Crippen molar-refractivity contribution in [3.8, 4) is 0 Å². The minimum absolute atomic E-state index is 0.179. The van der Waals surface area contributed by atoms with Crippen LogP contribution >= 0.6 is 11.8 Å². The lowest BCUT2D eigenvalue weighted by Crippen LogP contribution is -2.29. The third-order valence-corrected chi connectivity index (χ3v) is 6.89. The van der Waals surface area contributed by atoms with Gasteiger partial charge in [-0.05, 0) is 59.4 Å². The van der Waals surface area contributed by atoms with Crippen molar-refractivity contribution >= 4 is 17.4 Å². The highest BCUT2D eigenvalue weighted by molar-refractivity contribution is 7.98. The molecule has 3 aromatic carbocycles. The van der Waals surface area contributed by atoms with Crippen molar-refractivity contribution in [1.29, 1.82) is 0 Å². The van der Waals surface area contributed by atoms with Gasteiger partial charge in [-0.15, -0.1) is 11.8 Å². The zero-order chi connectivity index (χ0) is 18.9. The number of rotatable bonds is 4. The van der Waals surface area contributed by atoms with Crippen LogP contribution in [-0.4, -0.2) is 0 Å². The van der Waals surface area contributed by atoms with Gasteiger partial charge in [-0.2, -0.15) is 0 Å². The Kier molecular flexibility index (Phi) is 4.69. The molecule has 1 nitrogen and oxygen atoms in total. The molecule has 5 rings (SSSR count). The topological polar surface area (TPSA) is 12.0 Å². The van der Waals surface area contributed by atoms with Crippen molar-refractivity contribution < 1.29 is 4.39 Å². The van der Waals surface area contributed by atoms with Gasteiger partial charge >= 0.3 is 0 Å². The first kappa shape index (κ1) is 17.6. The lowest BCUT2D eigenvalue weighted by Gasteiger charge is -2.37. The Hall–Kier alpha value is -2.52. The predicted molar refractivity (Wildman–Crippen MR) is 115 cm³/mol. The van der Waals surface area contributed by atoms with Gasteiger partial charge in [0.15, 0.2) is 0 Å². The lowest BCUT2D eigenvalue weighted by molar-refractivity contribution is 0.425. The SMILES string of the molecule is Fc1ccc([C@@H]2Nc3ccc(CSc4ccccc4)cc3[C@@H]3C=CC[C@@H]32)cc1. The molecule has 0 saturated heterocycles. The molecular formula is C25H22FNS. The van der Waals surface area contributed by atoms with E-state index >= 15 is 0 Å². The molecule has 0 aromatic heterocycles. The summed E-state index contributed by atoms with van der Waals surface area (Å²) >= 11 is 1.87. The molecule has 0 fully saturated rings. The van der Waals surface area contributed by atoms with Crippen LogP contribution < -0.4 is 5.32 Å². The molecule has 1 N–H and O–H groups in total. The Morgan fingerprint density at radius 3 is 2.61 bits per heavy atom. The second-order valence-corrected chi connectivity index (χ2v) is 8.60. The molecule has 3 aromatic rings. The van der Waals surface area contributed by atoms with E-state index in [9.17, 15) is 4.39 Å². The molecule has 2 aliphatic rings. The summed E-state index contributed by atoms with van der Waals surface area (Å²) in [6, 6.07) is 24.5. The van der Waals surface area contributed by atoms with Gasteiger partial charge < -0.3 is 5.32 Å². The Balaban J connectivity index is 1.41. The van der Waals surface area contributed by atoms with Gasteiger partial charge in [-0.25, -0.2) is 4.39 Å². The van der Waals surface area contributed by atoms with Gasteiger partial charge in [0.25, 0.3) is 0 Å². The zero-order valence-corrected chi connectivity index (χ0v) is 16.3. The normalized spacial score (nSPS) is 22.4. The Morgan fingerprint density at radius 1 is 0.964 bits per heavy atom. The first-order valence-corrected chi connectivity index (χ1v) is 10.8. The van der Waals surface area contributed by atoms with Crippen molar-refractivity contribution in [1.82, 2.24) is 0 Å². The third kappa shape index (κ3) is 3.35. The smallest absolute Gasteiger partial charge is 0.123 e. The summed E-state index contributed by atoms with van der Waals surface area (Å²) in [6.07, 6.45) is 5.71. The fourth-order valence-corrected chi connectivity index (χ4v) is 5.28. The van der Waals surface area contributed by atoms with Gasteiger partial charge in [0.1, 0.15) is 5.82 Å². The number of fused-ring (bicyclic) bond motifs is 3. The van der Waals surface area contributed by atoms with E-state index in [4.69, 9.17) is 0 Å². The maximum atomic E-state index is 13.4. The largest absolute Gasteiger partial charge is 0.378 e. The highest BCUT2D eigenvalue weighted by atomic mass is 32.2. The van der Waals surface area contributed by atoms with Crippen LogP contribution in [0.4, 0.5) is 10.1 Å². The number of allylic oxidation sites excluding steroid dienone is 2. The van der Waals surface area contributed by atoms with E-state index in [1.165, 1.54) is 21.7 Å². The van der Waals surface area contributed by atoms with Crippen LogP contribution in [0.1, 0.15) is 35.1 Å². The maximum absolute atomic E-state index is 13.4. The highest BCUT2D eigenvalue weighted by Gasteiger charge is 2.37. The molecule has 1 aliphatic carbocycles. The fourth-order valence-electron chi connectivity index (χ4n) is 4.42. The molecule has 28 heavy (non-hydrogen) atoms. The van der Waals surface area contributed by atoms with Gasteiger partial charge in [-0.1, -0.05) is 54.6 Å². The van der Waals surface area contributed by atoms with E-state index in [0.29, 0.717) is 11.8 Å². The monoisotopic (exact) mass is 387 g/mol. The molecule has 1 heterocycles. The Labute approximate surface area is 169 Å². The second-order valence-electron chi connectivity index (χ2n) is 7.55. The van der Waals surface area contributed by atoms with Gasteiger partial charge in [-0.3, -0.25) is 0 Å². The van der Waals surface area contributed by atoms with E-state index in [-0.39, 0.29) is 11.9 Å². The Bertz CT molecular complexity index is 997. The van der Waals surface area contributed by atoms with Crippen molar-refractivity contribution in [2.75, 3.05) is 5.32 Å².